The van der Waals surface area contributed by atoms with E-state index in [1.54, 1.807) is 0 Å². The number of phosphoric ester groups is 1. The van der Waals surface area contributed by atoms with Crippen LogP contribution in [0.5, 0.6) is 0 Å². The highest BCUT2D eigenvalue weighted by molar-refractivity contribution is 7.46. The molecule has 2 N–H and O–H groups in total. The van der Waals surface area contributed by atoms with Crippen molar-refractivity contribution in [2.24, 2.45) is 0 Å². The first-order valence-electron chi connectivity index (χ1n) is 21.4. The van der Waals surface area contributed by atoms with E-state index in [4.69, 9.17) is 19.3 Å². The summed E-state index contributed by atoms with van der Waals surface area (Å²) in [5, 5.41) is 0. The minimum Gasteiger partial charge on any atom is -0.462 e. The van der Waals surface area contributed by atoms with E-state index >= 15 is 0 Å². The van der Waals surface area contributed by atoms with Gasteiger partial charge in [0.25, 0.3) is 0 Å². The van der Waals surface area contributed by atoms with E-state index in [0.717, 1.165) is 57.8 Å². The number of hydrogen-bond donors (Lipinski definition) is 2. The minimum atomic E-state index is -4.76. The van der Waals surface area contributed by atoms with E-state index in [-0.39, 0.29) is 19.4 Å². The SMILES string of the molecule is CC/C=C/C/C=C/C/C=C/C/C=C/CCCCC(=O)O[C@H](COC(=O)CCCCCCCCCCCCCCCCCCCCCC)COP(=O)(O)O. The number of ether oxygens (including phenoxy) is 2. The fourth-order valence-corrected chi connectivity index (χ4v) is 6.31. The summed E-state index contributed by atoms with van der Waals surface area (Å²) in [5.41, 5.74) is 0. The number of rotatable bonds is 39. The highest BCUT2D eigenvalue weighted by Gasteiger charge is 2.22. The lowest BCUT2D eigenvalue weighted by Crippen LogP contribution is -2.29. The molecule has 53 heavy (non-hydrogen) atoms. The van der Waals surface area contributed by atoms with Crippen molar-refractivity contribution in [2.45, 2.75) is 206 Å². The van der Waals surface area contributed by atoms with Crippen molar-refractivity contribution in [3.63, 3.8) is 0 Å². The molecule has 0 aromatic rings. The predicted octanol–water partition coefficient (Wildman–Crippen LogP) is 13.1. The summed E-state index contributed by atoms with van der Waals surface area (Å²) in [6, 6.07) is 0. The van der Waals surface area contributed by atoms with Gasteiger partial charge in [-0.15, -0.1) is 0 Å². The summed E-state index contributed by atoms with van der Waals surface area (Å²) in [6.45, 7) is 3.55. The van der Waals surface area contributed by atoms with Crippen LogP contribution in [-0.2, 0) is 28.2 Å². The Labute approximate surface area is 324 Å². The van der Waals surface area contributed by atoms with Gasteiger partial charge in [0.1, 0.15) is 6.61 Å². The Hall–Kier alpha value is -1.99. The fraction of sp³-hybridized carbons (Fsp3) is 0.773. The first-order chi connectivity index (χ1) is 25.8. The van der Waals surface area contributed by atoms with Crippen molar-refractivity contribution in [1.29, 1.82) is 0 Å². The molecule has 0 spiro atoms. The Balaban J connectivity index is 3.91. The van der Waals surface area contributed by atoms with Crippen molar-refractivity contribution in [2.75, 3.05) is 13.2 Å². The lowest BCUT2D eigenvalue weighted by molar-refractivity contribution is -0.161. The fourth-order valence-electron chi connectivity index (χ4n) is 5.95. The summed E-state index contributed by atoms with van der Waals surface area (Å²) in [6.07, 6.45) is 48.4. The topological polar surface area (TPSA) is 119 Å². The van der Waals surface area contributed by atoms with Gasteiger partial charge in [-0.1, -0.05) is 184 Å². The maximum Gasteiger partial charge on any atom is 0.469 e. The zero-order valence-corrected chi connectivity index (χ0v) is 34.8. The quantitative estimate of drug-likeness (QED) is 0.0275. The zero-order valence-electron chi connectivity index (χ0n) is 33.9. The van der Waals surface area contributed by atoms with Crippen LogP contribution >= 0.6 is 7.82 Å². The minimum absolute atomic E-state index is 0.160. The van der Waals surface area contributed by atoms with Crippen LogP contribution in [0.2, 0.25) is 0 Å². The van der Waals surface area contributed by atoms with Gasteiger partial charge in [-0.05, 0) is 51.4 Å². The lowest BCUT2D eigenvalue weighted by Gasteiger charge is -2.18. The Morgan fingerprint density at radius 2 is 0.906 bits per heavy atom. The monoisotopic (exact) mass is 767 g/mol. The Kier molecular flexibility index (Phi) is 38.2. The zero-order chi connectivity index (χ0) is 38.9. The molecular formula is C44H79O8P. The second-order valence-electron chi connectivity index (χ2n) is 14.3. The average molecular weight is 767 g/mol. The second-order valence-corrected chi connectivity index (χ2v) is 15.5. The number of carbonyl (C=O) groups is 2. The van der Waals surface area contributed by atoms with Crippen LogP contribution in [0.15, 0.2) is 48.6 Å². The largest absolute Gasteiger partial charge is 0.469 e. The third-order valence-electron chi connectivity index (χ3n) is 9.11. The molecule has 0 aromatic heterocycles. The molecule has 0 fully saturated rings. The third kappa shape index (κ3) is 42.6. The Morgan fingerprint density at radius 1 is 0.509 bits per heavy atom. The van der Waals surface area contributed by atoms with Crippen molar-refractivity contribution in [3.05, 3.63) is 48.6 Å². The van der Waals surface area contributed by atoms with Crippen molar-refractivity contribution >= 4 is 19.8 Å². The lowest BCUT2D eigenvalue weighted by atomic mass is 10.0. The van der Waals surface area contributed by atoms with Gasteiger partial charge >= 0.3 is 19.8 Å². The van der Waals surface area contributed by atoms with Crippen LogP contribution in [0.4, 0.5) is 0 Å². The molecule has 308 valence electrons. The van der Waals surface area contributed by atoms with Gasteiger partial charge in [0.05, 0.1) is 6.61 Å². The normalized spacial score (nSPS) is 12.9. The summed E-state index contributed by atoms with van der Waals surface area (Å²) in [4.78, 5) is 42.8. The standard InChI is InChI=1S/C44H79O8P/c1-3-5-7-9-11-13-15-17-19-20-21-22-23-25-26-28-30-32-34-36-38-43(45)50-40-42(41-51-53(47,48)49)52-44(46)39-37-35-33-31-29-27-24-18-16-14-12-10-8-6-4-2/h6,8,12,14,18,24,29,31,42H,3-5,7,9-11,13,15-17,19-23,25-28,30,32-41H2,1-2H3,(H2,47,48,49)/b8-6+,14-12+,24-18+,31-29+/t42-/m1/s1. The molecule has 0 unspecified atom stereocenters. The number of carbonyl (C=O) groups excluding carboxylic acids is 2. The van der Waals surface area contributed by atoms with E-state index in [1.807, 2.05) is 0 Å². The molecule has 8 nitrogen and oxygen atoms in total. The van der Waals surface area contributed by atoms with Crippen LogP contribution in [-0.4, -0.2) is 41.0 Å². The van der Waals surface area contributed by atoms with E-state index in [9.17, 15) is 14.2 Å². The molecule has 0 amide bonds. The molecular weight excluding hydrogens is 687 g/mol. The number of esters is 2. The molecule has 0 rings (SSSR count). The Morgan fingerprint density at radius 3 is 1.36 bits per heavy atom. The smallest absolute Gasteiger partial charge is 0.462 e. The van der Waals surface area contributed by atoms with Crippen LogP contribution in [0.1, 0.15) is 200 Å². The number of allylic oxidation sites excluding steroid dienone is 8. The molecule has 0 aromatic carbocycles. The summed E-state index contributed by atoms with van der Waals surface area (Å²) < 4.78 is 26.4. The molecule has 0 saturated carbocycles. The van der Waals surface area contributed by atoms with E-state index in [2.05, 4.69) is 67.0 Å². The first-order valence-corrected chi connectivity index (χ1v) is 23.0. The second kappa shape index (κ2) is 39.7. The molecule has 9 heteroatoms. The highest BCUT2D eigenvalue weighted by Crippen LogP contribution is 2.36. The van der Waals surface area contributed by atoms with Crippen LogP contribution in [0.3, 0.4) is 0 Å². The van der Waals surface area contributed by atoms with Gasteiger partial charge < -0.3 is 19.3 Å². The summed E-state index contributed by atoms with van der Waals surface area (Å²) >= 11 is 0. The van der Waals surface area contributed by atoms with Gasteiger partial charge in [-0.2, -0.15) is 0 Å². The van der Waals surface area contributed by atoms with Crippen LogP contribution in [0.25, 0.3) is 0 Å². The van der Waals surface area contributed by atoms with E-state index in [1.165, 1.54) is 109 Å². The predicted molar refractivity (Wildman–Crippen MR) is 221 cm³/mol. The number of phosphoric acid groups is 1. The van der Waals surface area contributed by atoms with E-state index < -0.39 is 32.5 Å². The summed E-state index contributed by atoms with van der Waals surface area (Å²) in [5.74, 6) is -0.929. The maximum absolute atomic E-state index is 12.4. The van der Waals surface area contributed by atoms with E-state index in [0.29, 0.717) is 6.42 Å². The Bertz CT molecular complexity index is 999. The van der Waals surface area contributed by atoms with Gasteiger partial charge in [0, 0.05) is 12.8 Å². The number of unbranched alkanes of at least 4 members (excludes halogenated alkanes) is 21. The molecule has 0 bridgehead atoms. The third-order valence-corrected chi connectivity index (χ3v) is 9.60. The average Bonchev–Trinajstić information content (AvgIpc) is 3.13. The van der Waals surface area contributed by atoms with Gasteiger partial charge in [-0.25, -0.2) is 4.57 Å². The van der Waals surface area contributed by atoms with Crippen molar-refractivity contribution in [3.8, 4) is 0 Å². The van der Waals surface area contributed by atoms with Gasteiger partial charge in [0.2, 0.25) is 0 Å². The number of hydrogen-bond acceptors (Lipinski definition) is 6. The molecule has 1 atom stereocenters. The van der Waals surface area contributed by atoms with Crippen LogP contribution < -0.4 is 0 Å². The highest BCUT2D eigenvalue weighted by atomic mass is 31.2. The molecule has 0 aliphatic rings. The van der Waals surface area contributed by atoms with Gasteiger partial charge in [-0.3, -0.25) is 14.1 Å². The molecule has 0 heterocycles. The molecule has 0 aliphatic heterocycles. The summed E-state index contributed by atoms with van der Waals surface area (Å²) in [7, 11) is -4.76. The maximum atomic E-state index is 12.4. The first kappa shape index (κ1) is 51.0. The molecule has 0 radical (unpaired) electrons. The van der Waals surface area contributed by atoms with Crippen molar-refractivity contribution in [1.82, 2.24) is 0 Å². The van der Waals surface area contributed by atoms with Crippen molar-refractivity contribution < 1.29 is 37.9 Å². The van der Waals surface area contributed by atoms with Crippen LogP contribution in [0, 0.1) is 0 Å². The van der Waals surface area contributed by atoms with Gasteiger partial charge in [0.15, 0.2) is 6.10 Å². The molecule has 0 saturated heterocycles. The molecule has 0 aliphatic carbocycles.